The molecule has 8 nitrogen and oxygen atoms in total. The van der Waals surface area contributed by atoms with Gasteiger partial charge in [-0.1, -0.05) is 49.6 Å². The lowest BCUT2D eigenvalue weighted by Crippen LogP contribution is -2.56. The van der Waals surface area contributed by atoms with Crippen molar-refractivity contribution < 1.29 is 18.7 Å². The molecule has 1 fully saturated rings. The minimum Gasteiger partial charge on any atom is -0.484 e. The van der Waals surface area contributed by atoms with Crippen molar-refractivity contribution in [3.63, 3.8) is 0 Å². The topological polar surface area (TPSA) is 111 Å². The first-order valence-corrected chi connectivity index (χ1v) is 12.1. The van der Waals surface area contributed by atoms with E-state index in [4.69, 9.17) is 15.0 Å². The zero-order valence-corrected chi connectivity index (χ0v) is 20.1. The fourth-order valence-electron chi connectivity index (χ4n) is 4.60. The monoisotopic (exact) mass is 476 g/mol. The summed E-state index contributed by atoms with van der Waals surface area (Å²) in [7, 11) is 1.56. The summed E-state index contributed by atoms with van der Waals surface area (Å²) < 4.78 is 11.8. The van der Waals surface area contributed by atoms with Crippen LogP contribution in [-0.4, -0.2) is 34.9 Å². The summed E-state index contributed by atoms with van der Waals surface area (Å²) in [5, 5.41) is 3.67. The van der Waals surface area contributed by atoms with Crippen LogP contribution in [0.5, 0.6) is 5.75 Å². The predicted molar refractivity (Wildman–Crippen MR) is 132 cm³/mol. The van der Waals surface area contributed by atoms with Crippen molar-refractivity contribution in [3.05, 3.63) is 72.1 Å². The number of hydrogen-bond donors (Lipinski definition) is 2. The lowest BCUT2D eigenvalue weighted by atomic mass is 9.83. The molecule has 1 aliphatic rings. The third kappa shape index (κ3) is 5.71. The molecule has 0 unspecified atom stereocenters. The van der Waals surface area contributed by atoms with Crippen molar-refractivity contribution in [2.24, 2.45) is 11.8 Å². The largest absolute Gasteiger partial charge is 0.484 e. The lowest BCUT2D eigenvalue weighted by Gasteiger charge is -2.34. The Bertz CT molecular complexity index is 1120. The van der Waals surface area contributed by atoms with E-state index in [9.17, 15) is 9.59 Å². The molecule has 3 N–H and O–H groups in total. The van der Waals surface area contributed by atoms with Crippen LogP contribution in [0, 0.1) is 5.92 Å². The first kappa shape index (κ1) is 24.5. The average Bonchev–Trinajstić information content (AvgIpc) is 3.40. The van der Waals surface area contributed by atoms with Crippen molar-refractivity contribution in [1.29, 1.82) is 0 Å². The second-order valence-electron chi connectivity index (χ2n) is 8.88. The summed E-state index contributed by atoms with van der Waals surface area (Å²) in [5.74, 6) is 6.54. The zero-order valence-electron chi connectivity index (χ0n) is 20.1. The second kappa shape index (κ2) is 11.2. The molecule has 0 saturated heterocycles. The number of ether oxygens (including phenoxy) is 1. The van der Waals surface area contributed by atoms with Crippen LogP contribution < -0.4 is 15.9 Å². The van der Waals surface area contributed by atoms with Gasteiger partial charge in [-0.15, -0.1) is 0 Å². The van der Waals surface area contributed by atoms with Gasteiger partial charge in [0.25, 0.3) is 0 Å². The molecular formula is C27H32N4O4. The van der Waals surface area contributed by atoms with E-state index in [1.807, 2.05) is 43.3 Å². The summed E-state index contributed by atoms with van der Waals surface area (Å²) in [6.45, 7) is 1.98. The third-order valence-electron chi connectivity index (χ3n) is 6.53. The molecule has 1 aliphatic carbocycles. The number of hydrazine groups is 1. The highest BCUT2D eigenvalue weighted by molar-refractivity contribution is 5.95. The molecule has 2 heterocycles. The number of carbonyl (C=O) groups excluding carboxylic acids is 2. The number of hydrogen-bond acceptors (Lipinski definition) is 6. The van der Waals surface area contributed by atoms with Crippen molar-refractivity contribution in [2.75, 3.05) is 7.05 Å². The number of aromatic nitrogens is 1. The maximum atomic E-state index is 13.1. The Hall–Kier alpha value is -3.65. The zero-order chi connectivity index (χ0) is 24.8. The number of nitrogens with two attached hydrogens (primary N) is 1. The summed E-state index contributed by atoms with van der Waals surface area (Å²) in [5.41, 5.74) is 1.63. The van der Waals surface area contributed by atoms with Crippen LogP contribution in [-0.2, 0) is 4.79 Å². The van der Waals surface area contributed by atoms with Crippen LogP contribution in [0.1, 0.15) is 61.3 Å². The van der Waals surface area contributed by atoms with E-state index < -0.39 is 11.9 Å². The molecule has 0 radical (unpaired) electrons. The molecule has 8 heteroatoms. The van der Waals surface area contributed by atoms with Gasteiger partial charge in [0, 0.05) is 7.05 Å². The number of amides is 2. The Kier molecular flexibility index (Phi) is 7.82. The van der Waals surface area contributed by atoms with Gasteiger partial charge in [-0.05, 0) is 55.5 Å². The number of rotatable bonds is 8. The molecule has 1 saturated carbocycles. The van der Waals surface area contributed by atoms with E-state index in [-0.39, 0.29) is 23.7 Å². The van der Waals surface area contributed by atoms with E-state index in [2.05, 4.69) is 10.3 Å². The minimum atomic E-state index is -0.734. The Labute approximate surface area is 205 Å². The Morgan fingerprint density at radius 2 is 1.83 bits per heavy atom. The first-order valence-electron chi connectivity index (χ1n) is 12.1. The first-order chi connectivity index (χ1) is 17.0. The van der Waals surface area contributed by atoms with Crippen molar-refractivity contribution in [3.8, 4) is 17.2 Å². The van der Waals surface area contributed by atoms with Crippen LogP contribution in [0.15, 0.2) is 65.2 Å². The highest BCUT2D eigenvalue weighted by Gasteiger charge is 2.36. The van der Waals surface area contributed by atoms with Crippen molar-refractivity contribution in [2.45, 2.75) is 51.2 Å². The SMILES string of the molecule is CNC(=O)[C@H](C1CCCCC1)N(N)C(=O)c1ccc(-c2ccc(O[C@H](C)c3ccccc3)cn2)o1. The molecule has 0 bridgehead atoms. The van der Waals surface area contributed by atoms with Crippen LogP contribution >= 0.6 is 0 Å². The van der Waals surface area contributed by atoms with Crippen LogP contribution in [0.2, 0.25) is 0 Å². The maximum absolute atomic E-state index is 13.1. The number of nitrogens with zero attached hydrogens (tertiary/aromatic N) is 2. The highest BCUT2D eigenvalue weighted by Crippen LogP contribution is 2.30. The smallest absolute Gasteiger partial charge is 0.304 e. The van der Waals surface area contributed by atoms with Gasteiger partial charge in [0.15, 0.2) is 11.5 Å². The number of pyridine rings is 1. The Morgan fingerprint density at radius 3 is 2.49 bits per heavy atom. The molecule has 0 aliphatic heterocycles. The molecule has 2 aromatic heterocycles. The summed E-state index contributed by atoms with van der Waals surface area (Å²) in [6, 6.07) is 16.0. The van der Waals surface area contributed by atoms with E-state index in [1.54, 1.807) is 31.4 Å². The second-order valence-corrected chi connectivity index (χ2v) is 8.88. The minimum absolute atomic E-state index is 0.0274. The average molecular weight is 477 g/mol. The fourth-order valence-corrected chi connectivity index (χ4v) is 4.60. The number of carbonyl (C=O) groups is 2. The molecule has 0 spiro atoms. The molecule has 2 atom stereocenters. The van der Waals surface area contributed by atoms with E-state index in [0.717, 1.165) is 42.7 Å². The van der Waals surface area contributed by atoms with Crippen molar-refractivity contribution in [1.82, 2.24) is 15.3 Å². The van der Waals surface area contributed by atoms with Gasteiger partial charge in [-0.25, -0.2) is 10.8 Å². The number of nitrogens with one attached hydrogen (secondary N) is 1. The molecule has 184 valence electrons. The summed E-state index contributed by atoms with van der Waals surface area (Å²) in [6.07, 6.45) is 6.43. The molecular weight excluding hydrogens is 444 g/mol. The van der Waals surface area contributed by atoms with Gasteiger partial charge in [-0.2, -0.15) is 0 Å². The van der Waals surface area contributed by atoms with E-state index >= 15 is 0 Å². The van der Waals surface area contributed by atoms with Crippen LogP contribution in [0.25, 0.3) is 11.5 Å². The quantitative estimate of drug-likeness (QED) is 0.281. The predicted octanol–water partition coefficient (Wildman–Crippen LogP) is 4.49. The standard InChI is InChI=1S/C27H32N4O4/c1-18(19-9-5-3-6-10-19)34-21-13-14-22(30-17-21)23-15-16-24(35-23)27(33)31(28)25(26(32)29-2)20-11-7-4-8-12-20/h3,5-6,9-10,13-18,20,25H,4,7-8,11-12,28H2,1-2H3,(H,29,32)/t18-,25+/m1/s1. The molecule has 1 aromatic carbocycles. The van der Waals surface area contributed by atoms with Gasteiger partial charge in [0.2, 0.25) is 5.91 Å². The summed E-state index contributed by atoms with van der Waals surface area (Å²) >= 11 is 0. The molecule has 4 rings (SSSR count). The van der Waals surface area contributed by atoms with Gasteiger partial charge >= 0.3 is 5.91 Å². The molecule has 3 aromatic rings. The van der Waals surface area contributed by atoms with E-state index in [1.165, 1.54) is 0 Å². The third-order valence-corrected chi connectivity index (χ3v) is 6.53. The normalized spacial score (nSPS) is 15.7. The molecule has 35 heavy (non-hydrogen) atoms. The Morgan fingerprint density at radius 1 is 1.09 bits per heavy atom. The molecule has 2 amide bonds. The Balaban J connectivity index is 1.45. The number of benzene rings is 1. The highest BCUT2D eigenvalue weighted by atomic mass is 16.5. The number of furan rings is 1. The van der Waals surface area contributed by atoms with E-state index in [0.29, 0.717) is 17.2 Å². The van der Waals surface area contributed by atoms with Gasteiger partial charge in [0.05, 0.1) is 6.20 Å². The van der Waals surface area contributed by atoms with Gasteiger partial charge < -0.3 is 14.5 Å². The van der Waals surface area contributed by atoms with Gasteiger partial charge in [0.1, 0.15) is 23.6 Å². The van der Waals surface area contributed by atoms with Crippen LogP contribution in [0.3, 0.4) is 0 Å². The number of likely N-dealkylation sites (N-methyl/N-ethyl adjacent to an activating group) is 1. The fraction of sp³-hybridized carbons (Fsp3) is 0.370. The maximum Gasteiger partial charge on any atom is 0.304 e. The van der Waals surface area contributed by atoms with Gasteiger partial charge in [-0.3, -0.25) is 14.6 Å². The van der Waals surface area contributed by atoms with Crippen LogP contribution in [0.4, 0.5) is 0 Å². The van der Waals surface area contributed by atoms with Crippen molar-refractivity contribution >= 4 is 11.8 Å². The summed E-state index contributed by atoms with van der Waals surface area (Å²) in [4.78, 5) is 30.1. The lowest BCUT2D eigenvalue weighted by molar-refractivity contribution is -0.127.